The van der Waals surface area contributed by atoms with E-state index >= 15 is 0 Å². The summed E-state index contributed by atoms with van der Waals surface area (Å²) in [7, 11) is 0. The first-order valence-corrected chi connectivity index (χ1v) is 9.13. The summed E-state index contributed by atoms with van der Waals surface area (Å²) in [6, 6.07) is 8.42. The lowest BCUT2D eigenvalue weighted by Gasteiger charge is -2.39. The summed E-state index contributed by atoms with van der Waals surface area (Å²) in [5.41, 5.74) is 8.23. The Hall–Kier alpha value is -1.55. The number of nitrogens with two attached hydrogens (primary N) is 1. The van der Waals surface area contributed by atoms with Crippen LogP contribution in [0.25, 0.3) is 0 Å². The predicted molar refractivity (Wildman–Crippen MR) is 93.6 cm³/mol. The van der Waals surface area contributed by atoms with Crippen molar-refractivity contribution in [3.05, 3.63) is 24.3 Å². The molecule has 1 aliphatic heterocycles. The first-order valence-electron chi connectivity index (χ1n) is 9.13. The second kappa shape index (κ2) is 6.16. The highest BCUT2D eigenvalue weighted by Crippen LogP contribution is 2.40. The molecule has 1 heterocycles. The summed E-state index contributed by atoms with van der Waals surface area (Å²) < 4.78 is 0. The van der Waals surface area contributed by atoms with Crippen LogP contribution in [0.1, 0.15) is 32.1 Å². The van der Waals surface area contributed by atoms with Crippen molar-refractivity contribution in [2.24, 2.45) is 23.5 Å². The Morgan fingerprint density at radius 1 is 1.09 bits per heavy atom. The normalized spacial score (nSPS) is 27.2. The highest BCUT2D eigenvalue weighted by atomic mass is 16.2. The van der Waals surface area contributed by atoms with Gasteiger partial charge in [-0.05, 0) is 56.2 Å². The van der Waals surface area contributed by atoms with Gasteiger partial charge in [-0.3, -0.25) is 4.79 Å². The highest BCUT2D eigenvalue weighted by Gasteiger charge is 2.38. The summed E-state index contributed by atoms with van der Waals surface area (Å²) in [5, 5.41) is 0. The van der Waals surface area contributed by atoms with Crippen molar-refractivity contribution < 1.29 is 4.79 Å². The molecule has 1 amide bonds. The second-order valence-electron chi connectivity index (χ2n) is 7.40. The number of benzene rings is 1. The van der Waals surface area contributed by atoms with Gasteiger partial charge in [-0.25, -0.2) is 0 Å². The third-order valence-corrected chi connectivity index (χ3v) is 5.83. The van der Waals surface area contributed by atoms with E-state index in [1.807, 2.05) is 4.90 Å². The molecule has 1 aromatic carbocycles. The Bertz CT molecular complexity index is 584. The average molecular weight is 313 g/mol. The molecule has 4 heteroatoms. The number of rotatable bonds is 4. The van der Waals surface area contributed by atoms with Gasteiger partial charge in [-0.15, -0.1) is 0 Å². The quantitative estimate of drug-likeness (QED) is 0.929. The van der Waals surface area contributed by atoms with Crippen molar-refractivity contribution in [3.8, 4) is 0 Å². The summed E-state index contributed by atoms with van der Waals surface area (Å²) >= 11 is 0. The molecule has 0 spiro atoms. The molecular formula is C19H27N3O. The molecule has 0 aromatic heterocycles. The summed E-state index contributed by atoms with van der Waals surface area (Å²) in [6.07, 6.45) is 5.98. The van der Waals surface area contributed by atoms with E-state index in [4.69, 9.17) is 5.73 Å². The van der Waals surface area contributed by atoms with Crippen molar-refractivity contribution in [2.75, 3.05) is 36.0 Å². The maximum atomic E-state index is 13.1. The van der Waals surface area contributed by atoms with Crippen LogP contribution in [0.5, 0.6) is 0 Å². The van der Waals surface area contributed by atoms with Crippen LogP contribution in [-0.4, -0.2) is 32.1 Å². The first-order chi connectivity index (χ1) is 11.3. The molecule has 2 N–H and O–H groups in total. The Morgan fingerprint density at radius 3 is 2.61 bits per heavy atom. The minimum Gasteiger partial charge on any atom is -0.368 e. The Kier molecular flexibility index (Phi) is 4.02. The van der Waals surface area contributed by atoms with Gasteiger partial charge in [-0.1, -0.05) is 18.6 Å². The zero-order valence-corrected chi connectivity index (χ0v) is 13.8. The molecule has 23 heavy (non-hydrogen) atoms. The van der Waals surface area contributed by atoms with Gasteiger partial charge in [0.05, 0.1) is 11.4 Å². The number of anilines is 2. The van der Waals surface area contributed by atoms with Crippen LogP contribution in [0.15, 0.2) is 24.3 Å². The lowest BCUT2D eigenvalue weighted by Crippen LogP contribution is -2.47. The van der Waals surface area contributed by atoms with Crippen molar-refractivity contribution >= 4 is 17.3 Å². The lowest BCUT2D eigenvalue weighted by molar-refractivity contribution is -0.123. The van der Waals surface area contributed by atoms with E-state index in [9.17, 15) is 4.79 Å². The van der Waals surface area contributed by atoms with Crippen LogP contribution >= 0.6 is 0 Å². The van der Waals surface area contributed by atoms with E-state index in [1.54, 1.807) is 0 Å². The van der Waals surface area contributed by atoms with Gasteiger partial charge in [0.1, 0.15) is 0 Å². The van der Waals surface area contributed by atoms with Crippen LogP contribution in [0.2, 0.25) is 0 Å². The van der Waals surface area contributed by atoms with Crippen LogP contribution in [0.3, 0.4) is 0 Å². The summed E-state index contributed by atoms with van der Waals surface area (Å²) in [4.78, 5) is 17.6. The fraction of sp³-hybridized carbons (Fsp3) is 0.632. The fourth-order valence-electron chi connectivity index (χ4n) is 4.30. The first kappa shape index (κ1) is 15.0. The van der Waals surface area contributed by atoms with Crippen LogP contribution < -0.4 is 15.5 Å². The minimum absolute atomic E-state index is 0.128. The van der Waals surface area contributed by atoms with Crippen molar-refractivity contribution in [1.29, 1.82) is 0 Å². The Labute approximate surface area is 138 Å². The zero-order chi connectivity index (χ0) is 15.8. The third kappa shape index (κ3) is 2.85. The fourth-order valence-corrected chi connectivity index (χ4v) is 4.30. The number of para-hydroxylation sites is 2. The van der Waals surface area contributed by atoms with Gasteiger partial charge in [0.15, 0.2) is 0 Å². The molecular weight excluding hydrogens is 286 g/mol. The molecule has 0 unspecified atom stereocenters. The lowest BCUT2D eigenvalue weighted by atomic mass is 9.94. The van der Waals surface area contributed by atoms with E-state index in [1.165, 1.54) is 18.5 Å². The van der Waals surface area contributed by atoms with E-state index in [2.05, 4.69) is 29.2 Å². The highest BCUT2D eigenvalue weighted by molar-refractivity contribution is 5.99. The molecule has 0 radical (unpaired) electrons. The molecule has 4 rings (SSSR count). The van der Waals surface area contributed by atoms with Crippen LogP contribution in [0, 0.1) is 17.8 Å². The van der Waals surface area contributed by atoms with E-state index in [-0.39, 0.29) is 5.92 Å². The molecule has 124 valence electrons. The molecule has 0 saturated heterocycles. The molecule has 1 aromatic rings. The Balaban J connectivity index is 1.58. The van der Waals surface area contributed by atoms with Crippen molar-refractivity contribution in [1.82, 2.24) is 0 Å². The smallest absolute Gasteiger partial charge is 0.230 e. The van der Waals surface area contributed by atoms with Gasteiger partial charge in [0.2, 0.25) is 5.91 Å². The molecule has 3 aliphatic rings. The number of hydrogen-bond acceptors (Lipinski definition) is 3. The summed E-state index contributed by atoms with van der Waals surface area (Å²) in [6.45, 7) is 3.56. The number of fused-ring (bicyclic) bond motifs is 1. The van der Waals surface area contributed by atoms with E-state index < -0.39 is 0 Å². The van der Waals surface area contributed by atoms with Gasteiger partial charge < -0.3 is 15.5 Å². The largest absolute Gasteiger partial charge is 0.368 e. The van der Waals surface area contributed by atoms with Crippen molar-refractivity contribution in [2.45, 2.75) is 32.1 Å². The zero-order valence-electron chi connectivity index (χ0n) is 13.8. The van der Waals surface area contributed by atoms with Gasteiger partial charge in [-0.2, -0.15) is 0 Å². The monoisotopic (exact) mass is 313 g/mol. The van der Waals surface area contributed by atoms with Crippen LogP contribution in [-0.2, 0) is 4.79 Å². The number of hydrogen-bond donors (Lipinski definition) is 1. The van der Waals surface area contributed by atoms with E-state index in [0.29, 0.717) is 18.4 Å². The number of nitrogens with zero attached hydrogens (tertiary/aromatic N) is 2. The van der Waals surface area contributed by atoms with Gasteiger partial charge >= 0.3 is 0 Å². The number of amides is 1. The average Bonchev–Trinajstić information content (AvgIpc) is 3.27. The number of carbonyl (C=O) groups is 1. The van der Waals surface area contributed by atoms with Gasteiger partial charge in [0, 0.05) is 25.6 Å². The molecule has 2 saturated carbocycles. The van der Waals surface area contributed by atoms with Gasteiger partial charge in [0.25, 0.3) is 0 Å². The number of carbonyl (C=O) groups excluding carboxylic acids is 1. The molecule has 2 atom stereocenters. The third-order valence-electron chi connectivity index (χ3n) is 5.83. The predicted octanol–water partition coefficient (Wildman–Crippen LogP) is 2.62. The SMILES string of the molecule is NC[C@H]1CCC[C@H]1C(=O)N1CCN(CC2CC2)c2ccccc21. The molecule has 4 nitrogen and oxygen atoms in total. The van der Waals surface area contributed by atoms with Crippen LogP contribution in [0.4, 0.5) is 11.4 Å². The molecule has 0 bridgehead atoms. The molecule has 2 aliphatic carbocycles. The molecule has 2 fully saturated rings. The standard InChI is InChI=1S/C19H27N3O/c20-12-15-4-3-5-16(15)19(23)22-11-10-21(13-14-8-9-14)17-6-1-2-7-18(17)22/h1-2,6-7,14-16H,3-5,8-13,20H2/t15-,16-/m1/s1. The topological polar surface area (TPSA) is 49.6 Å². The Morgan fingerprint density at radius 2 is 1.87 bits per heavy atom. The van der Waals surface area contributed by atoms with E-state index in [0.717, 1.165) is 50.5 Å². The second-order valence-corrected chi connectivity index (χ2v) is 7.40. The minimum atomic E-state index is 0.128. The maximum absolute atomic E-state index is 13.1. The summed E-state index contributed by atoms with van der Waals surface area (Å²) in [5.74, 6) is 1.67. The maximum Gasteiger partial charge on any atom is 0.230 e. The van der Waals surface area contributed by atoms with Crippen molar-refractivity contribution in [3.63, 3.8) is 0 Å².